The Morgan fingerprint density at radius 1 is 0.907 bits per heavy atom. The molecular weight excluding hydrogens is 528 g/mol. The number of nitriles is 2. The van der Waals surface area contributed by atoms with Gasteiger partial charge in [-0.05, 0) is 79.2 Å². The van der Waals surface area contributed by atoms with Gasteiger partial charge in [0.2, 0.25) is 0 Å². The average Bonchev–Trinajstić information content (AvgIpc) is 3.35. The van der Waals surface area contributed by atoms with Gasteiger partial charge in [0.25, 0.3) is 0 Å². The molecule has 0 bridgehead atoms. The van der Waals surface area contributed by atoms with Crippen molar-refractivity contribution in [1.82, 2.24) is 0 Å². The molecule has 4 heteroatoms. The topological polar surface area (TPSA) is 66.0 Å². The van der Waals surface area contributed by atoms with Crippen LogP contribution in [0.3, 0.4) is 0 Å². The first-order valence-corrected chi connectivity index (χ1v) is 14.9. The summed E-state index contributed by atoms with van der Waals surface area (Å²) in [5.41, 5.74) is 8.59. The predicted molar refractivity (Wildman–Crippen MR) is 179 cm³/mol. The molecule has 0 fully saturated rings. The zero-order valence-corrected chi connectivity index (χ0v) is 27.3. The van der Waals surface area contributed by atoms with Crippen LogP contribution in [0.5, 0.6) is 0 Å². The molecule has 1 aromatic rings. The molecule has 0 saturated heterocycles. The SMILES string of the molecule is C=CC(=C\C1=C(C)C=C(C[C@H](/C=C\C)OC)C1(C)C)/C(C#N)=C(\C#N)c1ccc2c(c1)C(C)(C)C(CC(/C=C\C)OC)=C2. The highest BCUT2D eigenvalue weighted by atomic mass is 16.5. The molecule has 43 heavy (non-hydrogen) atoms. The highest BCUT2D eigenvalue weighted by molar-refractivity contribution is 5.87. The van der Waals surface area contributed by atoms with E-state index < -0.39 is 0 Å². The number of nitrogens with zero attached hydrogens (tertiary/aromatic N) is 2. The van der Waals surface area contributed by atoms with Gasteiger partial charge in [0.15, 0.2) is 0 Å². The van der Waals surface area contributed by atoms with E-state index in [9.17, 15) is 10.5 Å². The van der Waals surface area contributed by atoms with Crippen LogP contribution in [0.4, 0.5) is 0 Å². The van der Waals surface area contributed by atoms with Gasteiger partial charge in [-0.1, -0.05) is 100 Å². The second-order valence-corrected chi connectivity index (χ2v) is 12.3. The number of hydrogen-bond donors (Lipinski definition) is 0. The Bertz CT molecular complexity index is 1550. The normalized spacial score (nSPS) is 19.5. The molecule has 3 rings (SSSR count). The third-order valence-electron chi connectivity index (χ3n) is 8.98. The Hall–Kier alpha value is -3.96. The summed E-state index contributed by atoms with van der Waals surface area (Å²) in [4.78, 5) is 0. The number of allylic oxidation sites excluding steroid dienone is 10. The first-order chi connectivity index (χ1) is 20.4. The van der Waals surface area contributed by atoms with Gasteiger partial charge in [0, 0.05) is 25.0 Å². The van der Waals surface area contributed by atoms with E-state index >= 15 is 0 Å². The van der Waals surface area contributed by atoms with Crippen molar-refractivity contribution in [3.63, 3.8) is 0 Å². The van der Waals surface area contributed by atoms with Gasteiger partial charge in [-0.3, -0.25) is 0 Å². The molecule has 1 aromatic carbocycles. The van der Waals surface area contributed by atoms with Crippen molar-refractivity contribution < 1.29 is 9.47 Å². The van der Waals surface area contributed by atoms with Crippen molar-refractivity contribution >= 4 is 11.6 Å². The second-order valence-electron chi connectivity index (χ2n) is 12.3. The number of ether oxygens (including phenoxy) is 2. The summed E-state index contributed by atoms with van der Waals surface area (Å²) in [5.74, 6) is 0. The largest absolute Gasteiger partial charge is 0.377 e. The zero-order valence-electron chi connectivity index (χ0n) is 27.3. The number of methoxy groups -OCH3 is 2. The molecule has 0 spiro atoms. The minimum absolute atomic E-state index is 0.000417. The number of rotatable bonds is 12. The monoisotopic (exact) mass is 574 g/mol. The highest BCUT2D eigenvalue weighted by Gasteiger charge is 2.35. The van der Waals surface area contributed by atoms with Crippen LogP contribution < -0.4 is 0 Å². The molecule has 0 amide bonds. The lowest BCUT2D eigenvalue weighted by molar-refractivity contribution is 0.137. The lowest BCUT2D eigenvalue weighted by atomic mass is 9.77. The summed E-state index contributed by atoms with van der Waals surface area (Å²) >= 11 is 0. The molecular formula is C39H46N2O2. The molecule has 0 aliphatic heterocycles. The summed E-state index contributed by atoms with van der Waals surface area (Å²) in [6.45, 7) is 18.9. The molecule has 1 unspecified atom stereocenters. The molecule has 2 aliphatic rings. The molecule has 0 radical (unpaired) electrons. The Morgan fingerprint density at radius 2 is 1.49 bits per heavy atom. The Kier molecular flexibility index (Phi) is 10.9. The first-order valence-electron chi connectivity index (χ1n) is 14.9. The Labute approximate surface area is 259 Å². The lowest BCUT2D eigenvalue weighted by Gasteiger charge is -2.28. The lowest BCUT2D eigenvalue weighted by Crippen LogP contribution is -2.21. The molecule has 0 aromatic heterocycles. The van der Waals surface area contributed by atoms with Crippen LogP contribution >= 0.6 is 0 Å². The number of benzene rings is 1. The Balaban J connectivity index is 2.04. The average molecular weight is 575 g/mol. The molecule has 224 valence electrons. The third kappa shape index (κ3) is 6.83. The summed E-state index contributed by atoms with van der Waals surface area (Å²) in [6.07, 6.45) is 17.9. The molecule has 0 heterocycles. The smallest absolute Gasteiger partial charge is 0.101 e. The van der Waals surface area contributed by atoms with E-state index in [-0.39, 0.29) is 23.0 Å². The van der Waals surface area contributed by atoms with Gasteiger partial charge in [-0.2, -0.15) is 10.5 Å². The van der Waals surface area contributed by atoms with Gasteiger partial charge in [0.05, 0.1) is 23.4 Å². The van der Waals surface area contributed by atoms with E-state index in [0.717, 1.165) is 40.7 Å². The van der Waals surface area contributed by atoms with Crippen molar-refractivity contribution in [2.24, 2.45) is 5.41 Å². The maximum absolute atomic E-state index is 10.4. The molecule has 4 nitrogen and oxygen atoms in total. The summed E-state index contributed by atoms with van der Waals surface area (Å²) in [7, 11) is 3.46. The number of fused-ring (bicyclic) bond motifs is 1. The first kappa shape index (κ1) is 33.5. The molecule has 2 atom stereocenters. The van der Waals surface area contributed by atoms with Crippen molar-refractivity contribution in [3.8, 4) is 12.1 Å². The van der Waals surface area contributed by atoms with Crippen LogP contribution in [0, 0.1) is 28.1 Å². The summed E-state index contributed by atoms with van der Waals surface area (Å²) in [5, 5.41) is 20.8. The van der Waals surface area contributed by atoms with E-state index in [4.69, 9.17) is 9.47 Å². The van der Waals surface area contributed by atoms with Gasteiger partial charge < -0.3 is 9.47 Å². The Morgan fingerprint density at radius 3 is 1.98 bits per heavy atom. The fourth-order valence-corrected chi connectivity index (χ4v) is 6.27. The molecule has 2 aliphatic carbocycles. The predicted octanol–water partition coefficient (Wildman–Crippen LogP) is 9.52. The van der Waals surface area contributed by atoms with Gasteiger partial charge >= 0.3 is 0 Å². The van der Waals surface area contributed by atoms with E-state index in [2.05, 4.69) is 89.8 Å². The fourth-order valence-electron chi connectivity index (χ4n) is 6.27. The zero-order chi connectivity index (χ0) is 31.9. The van der Waals surface area contributed by atoms with Crippen molar-refractivity contribution in [3.05, 3.63) is 117 Å². The minimum atomic E-state index is -0.267. The van der Waals surface area contributed by atoms with E-state index in [0.29, 0.717) is 16.7 Å². The van der Waals surface area contributed by atoms with E-state index in [1.54, 1.807) is 20.3 Å². The van der Waals surface area contributed by atoms with Crippen LogP contribution in [0.1, 0.15) is 78.0 Å². The van der Waals surface area contributed by atoms with Crippen molar-refractivity contribution in [1.29, 1.82) is 10.5 Å². The summed E-state index contributed by atoms with van der Waals surface area (Å²) in [6, 6.07) is 10.8. The van der Waals surface area contributed by atoms with Crippen molar-refractivity contribution in [2.45, 2.75) is 78.9 Å². The van der Waals surface area contributed by atoms with Gasteiger partial charge in [-0.15, -0.1) is 0 Å². The summed E-state index contributed by atoms with van der Waals surface area (Å²) < 4.78 is 11.4. The molecule has 0 N–H and O–H groups in total. The third-order valence-corrected chi connectivity index (χ3v) is 8.98. The van der Waals surface area contributed by atoms with Crippen molar-refractivity contribution in [2.75, 3.05) is 14.2 Å². The van der Waals surface area contributed by atoms with Crippen LogP contribution in [-0.4, -0.2) is 26.4 Å². The molecule has 0 saturated carbocycles. The quantitative estimate of drug-likeness (QED) is 0.142. The second kappa shape index (κ2) is 14.0. The fraction of sp³-hybridized carbons (Fsp3) is 0.385. The maximum Gasteiger partial charge on any atom is 0.101 e. The van der Waals surface area contributed by atoms with Gasteiger partial charge in [-0.25, -0.2) is 0 Å². The van der Waals surface area contributed by atoms with Gasteiger partial charge in [0.1, 0.15) is 12.1 Å². The standard InChI is InChI=1S/C39H46N2O2/c1-11-14-32(42-9)22-30-18-26(4)36(38(30,5)6)20-27(13-3)34(24-40)35(25-41)28-16-17-29-19-31(23-33(43-10)15-12-2)39(7,8)37(29)21-28/h11-21,32-33H,3,22-23H2,1-2,4-10H3/b14-11-,15-12-,27-20+,35-34+/t32-,33?/m0/s1. The maximum atomic E-state index is 10.4. The number of hydrogen-bond acceptors (Lipinski definition) is 4. The van der Waals surface area contributed by atoms with Crippen LogP contribution in [0.15, 0.2) is 101 Å². The minimum Gasteiger partial charge on any atom is -0.377 e. The van der Waals surface area contributed by atoms with Crippen LogP contribution in [0.25, 0.3) is 11.6 Å². The highest BCUT2D eigenvalue weighted by Crippen LogP contribution is 2.47. The van der Waals surface area contributed by atoms with Crippen LogP contribution in [0.2, 0.25) is 0 Å². The van der Waals surface area contributed by atoms with E-state index in [1.165, 1.54) is 11.1 Å². The van der Waals surface area contributed by atoms with E-state index in [1.807, 2.05) is 38.1 Å². The van der Waals surface area contributed by atoms with Crippen LogP contribution in [-0.2, 0) is 14.9 Å².